The lowest BCUT2D eigenvalue weighted by molar-refractivity contribution is -0.146. The lowest BCUT2D eigenvalue weighted by atomic mass is 10.2. The number of hydrogen-bond donors (Lipinski definition) is 0. The van der Waals surface area contributed by atoms with E-state index in [1.807, 2.05) is 31.2 Å². The van der Waals surface area contributed by atoms with Gasteiger partial charge in [-0.05, 0) is 25.5 Å². The van der Waals surface area contributed by atoms with Crippen molar-refractivity contribution in [3.05, 3.63) is 29.8 Å². The first-order valence-corrected chi connectivity index (χ1v) is 5.57. The van der Waals surface area contributed by atoms with Gasteiger partial charge in [0, 0.05) is 0 Å². The molecule has 0 aliphatic heterocycles. The summed E-state index contributed by atoms with van der Waals surface area (Å²) in [6, 6.07) is 7.57. The number of carbonyl (C=O) groups excluding carboxylic acids is 1. The van der Waals surface area contributed by atoms with E-state index in [0.29, 0.717) is 12.4 Å². The second-order valence-corrected chi connectivity index (χ2v) is 3.68. The third kappa shape index (κ3) is 4.82. The molecule has 0 radical (unpaired) electrons. The average Bonchev–Trinajstić information content (AvgIpc) is 2.29. The summed E-state index contributed by atoms with van der Waals surface area (Å²) in [6.45, 7) is 4.51. The van der Waals surface area contributed by atoms with Crippen LogP contribution in [0.1, 0.15) is 25.3 Å². The van der Waals surface area contributed by atoms with Crippen molar-refractivity contribution in [3.63, 3.8) is 0 Å². The number of ether oxygens (including phenoxy) is 2. The zero-order chi connectivity index (χ0) is 11.8. The van der Waals surface area contributed by atoms with Crippen molar-refractivity contribution >= 4 is 5.97 Å². The quantitative estimate of drug-likeness (QED) is 0.548. The van der Waals surface area contributed by atoms with Gasteiger partial charge in [-0.25, -0.2) is 4.79 Å². The van der Waals surface area contributed by atoms with Crippen molar-refractivity contribution in [3.8, 4) is 5.75 Å². The summed E-state index contributed by atoms with van der Waals surface area (Å²) in [6.07, 6.45) is 1.92. The smallest absolute Gasteiger partial charge is 0.344 e. The highest BCUT2D eigenvalue weighted by molar-refractivity contribution is 5.71. The second kappa shape index (κ2) is 6.88. The molecule has 1 aromatic rings. The minimum atomic E-state index is -0.311. The molecule has 88 valence electrons. The number of hydrogen-bond acceptors (Lipinski definition) is 3. The number of esters is 1. The van der Waals surface area contributed by atoms with Gasteiger partial charge in [0.25, 0.3) is 0 Å². The molecule has 0 bridgehead atoms. The van der Waals surface area contributed by atoms with E-state index in [2.05, 4.69) is 6.92 Å². The molecule has 0 aliphatic carbocycles. The Morgan fingerprint density at radius 1 is 1.25 bits per heavy atom. The van der Waals surface area contributed by atoms with Crippen LogP contribution in [0.2, 0.25) is 0 Å². The third-order valence-electron chi connectivity index (χ3n) is 2.14. The van der Waals surface area contributed by atoms with E-state index >= 15 is 0 Å². The summed E-state index contributed by atoms with van der Waals surface area (Å²) < 4.78 is 10.2. The van der Waals surface area contributed by atoms with Crippen molar-refractivity contribution in [2.45, 2.75) is 26.7 Å². The van der Waals surface area contributed by atoms with Gasteiger partial charge in [-0.1, -0.05) is 31.0 Å². The van der Waals surface area contributed by atoms with E-state index in [0.717, 1.165) is 18.4 Å². The van der Waals surface area contributed by atoms with Gasteiger partial charge >= 0.3 is 5.97 Å². The third-order valence-corrected chi connectivity index (χ3v) is 2.14. The molecule has 0 aromatic heterocycles. The summed E-state index contributed by atoms with van der Waals surface area (Å²) in [5.74, 6) is 0.382. The predicted octanol–water partition coefficient (Wildman–Crippen LogP) is 2.72. The van der Waals surface area contributed by atoms with Crippen LogP contribution >= 0.6 is 0 Å². The molecule has 0 fully saturated rings. The molecule has 0 atom stereocenters. The van der Waals surface area contributed by atoms with E-state index in [1.54, 1.807) is 0 Å². The summed E-state index contributed by atoms with van der Waals surface area (Å²) in [5.41, 5.74) is 1.16. The summed E-state index contributed by atoms with van der Waals surface area (Å²) in [5, 5.41) is 0. The second-order valence-electron chi connectivity index (χ2n) is 3.68. The molecule has 0 spiro atoms. The van der Waals surface area contributed by atoms with Crippen molar-refractivity contribution in [2.24, 2.45) is 0 Å². The molecule has 0 amide bonds. The molecule has 3 heteroatoms. The van der Waals surface area contributed by atoms with E-state index in [9.17, 15) is 4.79 Å². The zero-order valence-corrected chi connectivity index (χ0v) is 9.86. The molecule has 0 N–H and O–H groups in total. The first kappa shape index (κ1) is 12.6. The average molecular weight is 222 g/mol. The SMILES string of the molecule is CCCCOC(=O)COc1ccc(C)cc1. The lowest BCUT2D eigenvalue weighted by Crippen LogP contribution is -2.15. The first-order chi connectivity index (χ1) is 7.72. The maximum absolute atomic E-state index is 11.2. The molecule has 0 heterocycles. The van der Waals surface area contributed by atoms with Crippen LogP contribution in [-0.2, 0) is 9.53 Å². The largest absolute Gasteiger partial charge is 0.482 e. The topological polar surface area (TPSA) is 35.5 Å². The molecule has 0 unspecified atom stereocenters. The van der Waals surface area contributed by atoms with Crippen LogP contribution < -0.4 is 4.74 Å². The minimum absolute atomic E-state index is 0.0211. The number of aryl methyl sites for hydroxylation is 1. The maximum Gasteiger partial charge on any atom is 0.344 e. The molecule has 1 aromatic carbocycles. The Kier molecular flexibility index (Phi) is 5.40. The molecule has 16 heavy (non-hydrogen) atoms. The van der Waals surface area contributed by atoms with Crippen LogP contribution in [0.25, 0.3) is 0 Å². The molecule has 0 saturated heterocycles. The summed E-state index contributed by atoms with van der Waals surface area (Å²) in [7, 11) is 0. The van der Waals surface area contributed by atoms with Crippen molar-refractivity contribution in [1.82, 2.24) is 0 Å². The van der Waals surface area contributed by atoms with Crippen molar-refractivity contribution in [2.75, 3.05) is 13.2 Å². The molecule has 0 aliphatic rings. The fourth-order valence-electron chi connectivity index (χ4n) is 1.15. The van der Waals surface area contributed by atoms with E-state index in [-0.39, 0.29) is 12.6 Å². The van der Waals surface area contributed by atoms with Gasteiger partial charge in [0.1, 0.15) is 5.75 Å². The predicted molar refractivity (Wildman–Crippen MR) is 62.5 cm³/mol. The normalized spacial score (nSPS) is 9.88. The van der Waals surface area contributed by atoms with Gasteiger partial charge in [-0.2, -0.15) is 0 Å². The van der Waals surface area contributed by atoms with Gasteiger partial charge in [-0.15, -0.1) is 0 Å². The Labute approximate surface area is 96.4 Å². The summed E-state index contributed by atoms with van der Waals surface area (Å²) >= 11 is 0. The molecular weight excluding hydrogens is 204 g/mol. The molecular formula is C13H18O3. The first-order valence-electron chi connectivity index (χ1n) is 5.57. The van der Waals surface area contributed by atoms with Gasteiger partial charge < -0.3 is 9.47 Å². The van der Waals surface area contributed by atoms with Gasteiger partial charge in [0.2, 0.25) is 0 Å². The Bertz CT molecular complexity index is 316. The van der Waals surface area contributed by atoms with Crippen LogP contribution in [0, 0.1) is 6.92 Å². The van der Waals surface area contributed by atoms with Crippen LogP contribution in [0.15, 0.2) is 24.3 Å². The van der Waals surface area contributed by atoms with Crippen LogP contribution in [-0.4, -0.2) is 19.2 Å². The number of unbranched alkanes of at least 4 members (excludes halogenated alkanes) is 1. The van der Waals surface area contributed by atoms with Crippen LogP contribution in [0.3, 0.4) is 0 Å². The van der Waals surface area contributed by atoms with Crippen LogP contribution in [0.5, 0.6) is 5.75 Å². The molecule has 0 saturated carbocycles. The van der Waals surface area contributed by atoms with E-state index in [4.69, 9.17) is 9.47 Å². The van der Waals surface area contributed by atoms with Crippen LogP contribution in [0.4, 0.5) is 0 Å². The Morgan fingerprint density at radius 2 is 1.94 bits per heavy atom. The Balaban J connectivity index is 2.23. The highest BCUT2D eigenvalue weighted by Gasteiger charge is 2.03. The maximum atomic E-state index is 11.2. The number of benzene rings is 1. The van der Waals surface area contributed by atoms with Gasteiger partial charge in [-0.3, -0.25) is 0 Å². The van der Waals surface area contributed by atoms with E-state index in [1.165, 1.54) is 0 Å². The fraction of sp³-hybridized carbons (Fsp3) is 0.462. The fourth-order valence-corrected chi connectivity index (χ4v) is 1.15. The minimum Gasteiger partial charge on any atom is -0.482 e. The standard InChI is InChI=1S/C13H18O3/c1-3-4-9-15-13(14)10-16-12-7-5-11(2)6-8-12/h5-8H,3-4,9-10H2,1-2H3. The number of rotatable bonds is 6. The molecule has 1 rings (SSSR count). The zero-order valence-electron chi connectivity index (χ0n) is 9.86. The molecule has 3 nitrogen and oxygen atoms in total. The van der Waals surface area contributed by atoms with Gasteiger partial charge in [0.05, 0.1) is 6.61 Å². The van der Waals surface area contributed by atoms with Crippen molar-refractivity contribution in [1.29, 1.82) is 0 Å². The summed E-state index contributed by atoms with van der Waals surface area (Å²) in [4.78, 5) is 11.2. The number of carbonyl (C=O) groups is 1. The van der Waals surface area contributed by atoms with Crippen molar-refractivity contribution < 1.29 is 14.3 Å². The van der Waals surface area contributed by atoms with E-state index < -0.39 is 0 Å². The Hall–Kier alpha value is -1.51. The highest BCUT2D eigenvalue weighted by atomic mass is 16.6. The van der Waals surface area contributed by atoms with Gasteiger partial charge in [0.15, 0.2) is 6.61 Å². The Morgan fingerprint density at radius 3 is 2.56 bits per heavy atom. The lowest BCUT2D eigenvalue weighted by Gasteiger charge is -2.06. The monoisotopic (exact) mass is 222 g/mol. The highest BCUT2D eigenvalue weighted by Crippen LogP contribution is 2.11.